The Morgan fingerprint density at radius 3 is 2.00 bits per heavy atom. The normalized spacial score (nSPS) is 18.5. The third-order valence-corrected chi connectivity index (χ3v) is 4.21. The molecule has 23 heavy (non-hydrogen) atoms. The molecule has 0 spiro atoms. The number of ether oxygens (including phenoxy) is 1. The summed E-state index contributed by atoms with van der Waals surface area (Å²) in [6, 6.07) is -0.397. The van der Waals surface area contributed by atoms with Crippen LogP contribution in [0.1, 0.15) is 54.4 Å². The van der Waals surface area contributed by atoms with Gasteiger partial charge in [0.2, 0.25) is 5.91 Å². The van der Waals surface area contributed by atoms with E-state index in [0.717, 1.165) is 12.8 Å². The van der Waals surface area contributed by atoms with Crippen molar-refractivity contribution in [1.82, 2.24) is 9.80 Å². The summed E-state index contributed by atoms with van der Waals surface area (Å²) < 4.78 is 5.39. The average molecular weight is 327 g/mol. The van der Waals surface area contributed by atoms with Crippen LogP contribution >= 0.6 is 0 Å². The Kier molecular flexibility index (Phi) is 6.07. The molecule has 1 aliphatic rings. The highest BCUT2D eigenvalue weighted by atomic mass is 16.6. The highest BCUT2D eigenvalue weighted by molar-refractivity contribution is 5.82. The van der Waals surface area contributed by atoms with E-state index in [4.69, 9.17) is 10.5 Å². The quantitative estimate of drug-likeness (QED) is 0.844. The van der Waals surface area contributed by atoms with E-state index in [-0.39, 0.29) is 23.5 Å². The van der Waals surface area contributed by atoms with Crippen molar-refractivity contribution in [1.29, 1.82) is 0 Å². The molecule has 2 N–H and O–H groups in total. The molecular formula is C17H33N3O3. The van der Waals surface area contributed by atoms with Gasteiger partial charge in [0, 0.05) is 26.2 Å². The van der Waals surface area contributed by atoms with Crippen LogP contribution in [-0.4, -0.2) is 59.6 Å². The van der Waals surface area contributed by atoms with Crippen molar-refractivity contribution >= 4 is 12.0 Å². The largest absolute Gasteiger partial charge is 0.444 e. The molecule has 1 heterocycles. The molecule has 1 aliphatic heterocycles. The summed E-state index contributed by atoms with van der Waals surface area (Å²) in [7, 11) is 1.81. The molecule has 6 heteroatoms. The number of carbonyl (C=O) groups excluding carboxylic acids is 2. The monoisotopic (exact) mass is 327 g/mol. The Labute approximate surface area is 140 Å². The molecule has 0 saturated carbocycles. The van der Waals surface area contributed by atoms with E-state index in [9.17, 15) is 9.59 Å². The maximum absolute atomic E-state index is 12.5. The van der Waals surface area contributed by atoms with E-state index in [1.54, 1.807) is 9.80 Å². The lowest BCUT2D eigenvalue weighted by molar-refractivity contribution is -0.136. The minimum atomic E-state index is -0.517. The zero-order valence-corrected chi connectivity index (χ0v) is 15.7. The Balaban J connectivity index is 2.56. The lowest BCUT2D eigenvalue weighted by Crippen LogP contribution is -2.54. The number of likely N-dealkylation sites (N-methyl/N-ethyl adjacent to an activating group) is 1. The smallest absolute Gasteiger partial charge is 0.410 e. The van der Waals surface area contributed by atoms with E-state index < -0.39 is 11.6 Å². The molecule has 2 amide bonds. The molecule has 0 aromatic rings. The lowest BCUT2D eigenvalue weighted by Gasteiger charge is -2.39. The molecule has 0 unspecified atom stereocenters. The van der Waals surface area contributed by atoms with Crippen LogP contribution in [0.2, 0.25) is 0 Å². The molecule has 0 bridgehead atoms. The molecule has 0 aliphatic carbocycles. The minimum Gasteiger partial charge on any atom is -0.444 e. The van der Waals surface area contributed by atoms with Gasteiger partial charge < -0.3 is 20.3 Å². The Hall–Kier alpha value is -1.30. The standard InChI is InChI=1S/C17H33N3O3/c1-16(2,3)13(18)14(21)19(7)12-8-10-20(11-9-12)15(22)23-17(4,5)6/h12-13H,8-11,18H2,1-7H3/t13-/m1/s1. The van der Waals surface area contributed by atoms with Gasteiger partial charge in [-0.15, -0.1) is 0 Å². The van der Waals surface area contributed by atoms with Gasteiger partial charge >= 0.3 is 6.09 Å². The van der Waals surface area contributed by atoms with Crippen molar-refractivity contribution < 1.29 is 14.3 Å². The fourth-order valence-corrected chi connectivity index (χ4v) is 2.53. The maximum Gasteiger partial charge on any atom is 0.410 e. The highest BCUT2D eigenvalue weighted by Crippen LogP contribution is 2.23. The van der Waals surface area contributed by atoms with Crippen molar-refractivity contribution in [2.75, 3.05) is 20.1 Å². The summed E-state index contributed by atoms with van der Waals surface area (Å²) in [5.74, 6) is -0.0341. The topological polar surface area (TPSA) is 75.9 Å². The predicted molar refractivity (Wildman–Crippen MR) is 91.0 cm³/mol. The van der Waals surface area contributed by atoms with E-state index in [2.05, 4.69) is 0 Å². The van der Waals surface area contributed by atoms with Crippen molar-refractivity contribution in [3.8, 4) is 0 Å². The number of likely N-dealkylation sites (tertiary alicyclic amines) is 1. The van der Waals surface area contributed by atoms with Gasteiger partial charge in [-0.05, 0) is 39.0 Å². The minimum absolute atomic E-state index is 0.0341. The molecule has 1 fully saturated rings. The summed E-state index contributed by atoms with van der Waals surface area (Å²) in [6.07, 6.45) is 1.22. The first-order valence-corrected chi connectivity index (χ1v) is 8.33. The third-order valence-electron chi connectivity index (χ3n) is 4.21. The van der Waals surface area contributed by atoms with Gasteiger partial charge in [0.05, 0.1) is 6.04 Å². The number of hydrogen-bond acceptors (Lipinski definition) is 4. The lowest BCUT2D eigenvalue weighted by atomic mass is 9.86. The fraction of sp³-hybridized carbons (Fsp3) is 0.882. The van der Waals surface area contributed by atoms with Crippen LogP contribution in [0.5, 0.6) is 0 Å². The summed E-state index contributed by atoms with van der Waals surface area (Å²) in [4.78, 5) is 28.0. The first-order chi connectivity index (χ1) is 10.3. The second kappa shape index (κ2) is 7.07. The molecule has 134 valence electrons. The third kappa shape index (κ3) is 5.68. The van der Waals surface area contributed by atoms with Crippen LogP contribution in [-0.2, 0) is 9.53 Å². The number of carbonyl (C=O) groups is 2. The second-order valence-electron chi connectivity index (χ2n) is 8.49. The number of hydrogen-bond donors (Lipinski definition) is 1. The van der Waals surface area contributed by atoms with Gasteiger partial charge in [0.1, 0.15) is 5.60 Å². The van der Waals surface area contributed by atoms with Crippen molar-refractivity contribution in [2.24, 2.45) is 11.1 Å². The van der Waals surface area contributed by atoms with Gasteiger partial charge in [0.15, 0.2) is 0 Å². The van der Waals surface area contributed by atoms with Gasteiger partial charge in [-0.25, -0.2) is 4.79 Å². The van der Waals surface area contributed by atoms with E-state index in [1.165, 1.54) is 0 Å². The molecule has 0 radical (unpaired) electrons. The average Bonchev–Trinajstić information content (AvgIpc) is 2.42. The van der Waals surface area contributed by atoms with Gasteiger partial charge in [-0.3, -0.25) is 4.79 Å². The predicted octanol–water partition coefficient (Wildman–Crippen LogP) is 2.22. The molecule has 0 aromatic carbocycles. The number of rotatable bonds is 2. The number of amides is 2. The van der Waals surface area contributed by atoms with Gasteiger partial charge in [-0.1, -0.05) is 20.8 Å². The first kappa shape index (κ1) is 19.7. The number of nitrogens with zero attached hydrogens (tertiary/aromatic N) is 2. The fourth-order valence-electron chi connectivity index (χ4n) is 2.53. The molecule has 1 atom stereocenters. The Morgan fingerprint density at radius 2 is 1.61 bits per heavy atom. The summed E-state index contributed by atoms with van der Waals surface area (Å²) >= 11 is 0. The van der Waals surface area contributed by atoms with Crippen LogP contribution in [0, 0.1) is 5.41 Å². The second-order valence-corrected chi connectivity index (χ2v) is 8.49. The van der Waals surface area contributed by atoms with Crippen LogP contribution in [0.3, 0.4) is 0 Å². The maximum atomic E-state index is 12.5. The SMILES string of the molecule is CN(C(=O)[C@@H](N)C(C)(C)C)C1CCN(C(=O)OC(C)(C)C)CC1. The van der Waals surface area contributed by atoms with Crippen LogP contribution in [0.15, 0.2) is 0 Å². The molecule has 1 saturated heterocycles. The van der Waals surface area contributed by atoms with Crippen molar-refractivity contribution in [3.05, 3.63) is 0 Å². The van der Waals surface area contributed by atoms with Crippen LogP contribution in [0.4, 0.5) is 4.79 Å². The number of nitrogens with two attached hydrogens (primary N) is 1. The zero-order valence-electron chi connectivity index (χ0n) is 15.7. The molecule has 1 rings (SSSR count). The molecule has 6 nitrogen and oxygen atoms in total. The van der Waals surface area contributed by atoms with E-state index >= 15 is 0 Å². The van der Waals surface area contributed by atoms with Gasteiger partial charge in [-0.2, -0.15) is 0 Å². The molecular weight excluding hydrogens is 294 g/mol. The van der Waals surface area contributed by atoms with E-state index in [0.29, 0.717) is 13.1 Å². The van der Waals surface area contributed by atoms with Crippen molar-refractivity contribution in [2.45, 2.75) is 72.1 Å². The van der Waals surface area contributed by atoms with Crippen LogP contribution < -0.4 is 5.73 Å². The van der Waals surface area contributed by atoms with E-state index in [1.807, 2.05) is 48.6 Å². The zero-order chi connectivity index (χ0) is 18.0. The van der Waals surface area contributed by atoms with Crippen molar-refractivity contribution in [3.63, 3.8) is 0 Å². The summed E-state index contributed by atoms with van der Waals surface area (Å²) in [5, 5.41) is 0. The molecule has 0 aromatic heterocycles. The summed E-state index contributed by atoms with van der Waals surface area (Å²) in [5.41, 5.74) is 5.32. The summed E-state index contributed by atoms with van der Waals surface area (Å²) in [6.45, 7) is 12.7. The first-order valence-electron chi connectivity index (χ1n) is 8.33. The van der Waals surface area contributed by atoms with Gasteiger partial charge in [0.25, 0.3) is 0 Å². The highest BCUT2D eigenvalue weighted by Gasteiger charge is 2.34. The van der Waals surface area contributed by atoms with Crippen LogP contribution in [0.25, 0.3) is 0 Å². The number of piperidine rings is 1. The Morgan fingerprint density at radius 1 is 1.13 bits per heavy atom. The Bertz CT molecular complexity index is 429.